The normalized spacial score (nSPS) is 13.7. The van der Waals surface area contributed by atoms with Crippen molar-refractivity contribution in [2.45, 2.75) is 12.5 Å². The topological polar surface area (TPSA) is 32.1 Å². The summed E-state index contributed by atoms with van der Waals surface area (Å²) in [6, 6.07) is 112. The Kier molecular flexibility index (Phi) is 12.4. The minimum atomic E-state index is -0.154. The fourth-order valence-electron chi connectivity index (χ4n) is 14.2. The second-order valence-electron chi connectivity index (χ2n) is 23.6. The van der Waals surface area contributed by atoms with Crippen LogP contribution in [0.5, 0.6) is 0 Å². The van der Waals surface area contributed by atoms with Gasteiger partial charge in [0.05, 0.1) is 22.1 Å². The Hall–Kier alpha value is -10.9. The summed E-state index contributed by atoms with van der Waals surface area (Å²) in [7, 11) is 0. The number of aromatic amines is 1. The molecule has 18 rings (SSSR count). The summed E-state index contributed by atoms with van der Waals surface area (Å²) in [5.74, 6) is 0. The number of aromatic nitrogens is 3. The Bertz CT molecular complexity index is 5430. The van der Waals surface area contributed by atoms with Gasteiger partial charge < -0.3 is 19.0 Å². The van der Waals surface area contributed by atoms with Crippen LogP contribution in [0.4, 0.5) is 28.4 Å². The smallest absolute Gasteiger partial charge is 0.310 e. The van der Waals surface area contributed by atoms with Crippen molar-refractivity contribution in [3.63, 3.8) is 0 Å². The van der Waals surface area contributed by atoms with Crippen LogP contribution in [0, 0.1) is 7.14 Å². The number of H-pyrrole nitrogens is 1. The van der Waals surface area contributed by atoms with Crippen LogP contribution in [0.2, 0.25) is 0 Å². The SMILES string of the molecule is C1=CC(N(c2ccc(-c3ccc(N(c4ccc(-c5ccc6[nH]c7ccccc7c6c5)cc4)c4ccc(-n5c6ccccc6c6ccccc65)cc4)cc3)cc2)c2ccc(-c3ccc4c(c3)-c3ccccc3[I-]4)cc2)CC=C1n1c2ccccc2c2ccccc21. The van der Waals surface area contributed by atoms with Gasteiger partial charge in [0.1, 0.15) is 0 Å². The van der Waals surface area contributed by atoms with E-state index < -0.39 is 0 Å². The summed E-state index contributed by atoms with van der Waals surface area (Å²) in [6.45, 7) is 0. The molecule has 2 aliphatic rings. The number of fused-ring (bicyclic) bond motifs is 12. The van der Waals surface area contributed by atoms with Gasteiger partial charge >= 0.3 is 189 Å². The van der Waals surface area contributed by atoms with E-state index in [0.29, 0.717) is 0 Å². The monoisotopic (exact) mass is 1260 g/mol. The second kappa shape index (κ2) is 21.4. The van der Waals surface area contributed by atoms with Gasteiger partial charge in [-0.25, -0.2) is 0 Å². The Morgan fingerprint density at radius 1 is 0.333 bits per heavy atom. The Labute approximate surface area is 532 Å². The van der Waals surface area contributed by atoms with Crippen molar-refractivity contribution >= 4 is 99.6 Å². The number of nitrogens with one attached hydrogen (secondary N) is 1. The Morgan fingerprint density at radius 3 is 1.31 bits per heavy atom. The number of nitrogens with zero attached hydrogens (tertiary/aromatic N) is 4. The maximum absolute atomic E-state index is 3.60. The molecule has 1 N–H and O–H groups in total. The predicted octanol–water partition coefficient (Wildman–Crippen LogP) is 19.1. The van der Waals surface area contributed by atoms with Gasteiger partial charge in [-0.2, -0.15) is 0 Å². The number of anilines is 5. The summed E-state index contributed by atoms with van der Waals surface area (Å²) in [4.78, 5) is 8.49. The first kappa shape index (κ1) is 52.2. The quantitative estimate of drug-likeness (QED) is 0.131. The van der Waals surface area contributed by atoms with Gasteiger partial charge in [0.2, 0.25) is 0 Å². The average Bonchev–Trinajstić information content (AvgIpc) is 1.76. The maximum atomic E-state index is 3.60. The standard InChI is InChI=1S/C84H57IN5/c1-7-19-77-69(13-1)75-53-59(33-51-78(75)85-77)57-29-39-63(40-30-57)87(65-43-47-67(48-44-65)89-81-21-9-3-15-71(81)72-16-4-10-22-82(72)89)61-35-25-55(26-36-61)56-27-37-62(38-28-56)88(64-41-31-58(32-42-64)60-34-52-80-76(54-60)70-14-2-8-20-79(70)86-80)66-45-49-68(50-46-66)90-83-23-11-5-17-73(83)74-18-6-12-24-84(74)90/h1-43,45-54,65,86H,44H2/q-1. The van der Waals surface area contributed by atoms with Crippen LogP contribution < -0.4 is 31.0 Å². The van der Waals surface area contributed by atoms with Gasteiger partial charge in [-0.15, -0.1) is 0 Å². The first-order valence-electron chi connectivity index (χ1n) is 31.0. The van der Waals surface area contributed by atoms with Crippen molar-refractivity contribution < 1.29 is 21.2 Å². The van der Waals surface area contributed by atoms with Gasteiger partial charge in [0.25, 0.3) is 0 Å². The van der Waals surface area contributed by atoms with E-state index in [1.54, 1.807) is 0 Å². The third kappa shape index (κ3) is 8.80. The Balaban J connectivity index is 0.681. The minimum absolute atomic E-state index is 0.0811. The molecule has 1 aliphatic heterocycles. The summed E-state index contributed by atoms with van der Waals surface area (Å²) in [5.41, 5.74) is 24.9. The molecule has 0 fully saturated rings. The van der Waals surface area contributed by atoms with Gasteiger partial charge in [-0.1, -0.05) is 121 Å². The molecule has 4 heterocycles. The summed E-state index contributed by atoms with van der Waals surface area (Å²) >= 11 is -0.154. The zero-order valence-electron chi connectivity index (χ0n) is 49.1. The van der Waals surface area contributed by atoms with Crippen LogP contribution in [0.15, 0.2) is 322 Å². The van der Waals surface area contributed by atoms with E-state index in [1.807, 2.05) is 0 Å². The number of para-hydroxylation sites is 5. The van der Waals surface area contributed by atoms with E-state index in [1.165, 1.54) is 101 Å². The molecule has 0 spiro atoms. The number of benzene rings is 13. The number of halogens is 1. The van der Waals surface area contributed by atoms with Crippen LogP contribution in [0.1, 0.15) is 6.42 Å². The molecular formula is C84H57IN5-. The third-order valence-corrected chi connectivity index (χ3v) is 21.6. The molecule has 16 aromatic rings. The first-order chi connectivity index (χ1) is 44.6. The van der Waals surface area contributed by atoms with Crippen LogP contribution in [0.3, 0.4) is 0 Å². The molecule has 1 aliphatic carbocycles. The van der Waals surface area contributed by atoms with Crippen LogP contribution in [-0.2, 0) is 0 Å². The van der Waals surface area contributed by atoms with Gasteiger partial charge in [0, 0.05) is 71.8 Å². The van der Waals surface area contributed by atoms with E-state index in [2.05, 4.69) is 345 Å². The van der Waals surface area contributed by atoms with E-state index in [0.717, 1.165) is 62.7 Å². The molecule has 0 saturated carbocycles. The fourth-order valence-corrected chi connectivity index (χ4v) is 17.1. The van der Waals surface area contributed by atoms with Gasteiger partial charge in [-0.3, -0.25) is 0 Å². The molecular weight excluding hydrogens is 1210 g/mol. The molecule has 1 unspecified atom stereocenters. The number of rotatable bonds is 11. The Morgan fingerprint density at radius 2 is 0.756 bits per heavy atom. The van der Waals surface area contributed by atoms with Crippen molar-refractivity contribution in [2.24, 2.45) is 0 Å². The van der Waals surface area contributed by atoms with E-state index in [-0.39, 0.29) is 27.2 Å². The molecule has 426 valence electrons. The summed E-state index contributed by atoms with van der Waals surface area (Å²) in [6.07, 6.45) is 8.00. The van der Waals surface area contributed by atoms with Crippen LogP contribution >= 0.6 is 0 Å². The van der Waals surface area contributed by atoms with Crippen molar-refractivity contribution in [1.82, 2.24) is 14.1 Å². The van der Waals surface area contributed by atoms with Crippen molar-refractivity contribution in [3.8, 4) is 50.2 Å². The third-order valence-electron chi connectivity index (χ3n) is 18.6. The molecule has 6 heteroatoms. The molecule has 3 aromatic heterocycles. The van der Waals surface area contributed by atoms with Crippen LogP contribution in [-0.4, -0.2) is 20.2 Å². The number of hydrogen-bond acceptors (Lipinski definition) is 2. The molecule has 1 atom stereocenters. The molecule has 0 radical (unpaired) electrons. The van der Waals surface area contributed by atoms with E-state index >= 15 is 0 Å². The minimum Gasteiger partial charge on any atom is -0.310 e. The van der Waals surface area contributed by atoms with Crippen molar-refractivity contribution in [1.29, 1.82) is 0 Å². The first-order valence-corrected chi connectivity index (χ1v) is 33.1. The molecule has 0 saturated heterocycles. The molecule has 5 nitrogen and oxygen atoms in total. The summed E-state index contributed by atoms with van der Waals surface area (Å²) < 4.78 is 7.84. The summed E-state index contributed by atoms with van der Waals surface area (Å²) in [5, 5.41) is 7.53. The fraction of sp³-hybridized carbons (Fsp3) is 0.0238. The van der Waals surface area contributed by atoms with Gasteiger partial charge in [-0.05, 0) is 113 Å². The van der Waals surface area contributed by atoms with E-state index in [4.69, 9.17) is 0 Å². The molecule has 13 aromatic carbocycles. The predicted molar refractivity (Wildman–Crippen MR) is 374 cm³/mol. The number of hydrogen-bond donors (Lipinski definition) is 1. The second-order valence-corrected chi connectivity index (χ2v) is 26.5. The molecule has 0 bridgehead atoms. The average molecular weight is 1260 g/mol. The number of allylic oxidation sites excluding steroid dienone is 2. The van der Waals surface area contributed by atoms with Crippen molar-refractivity contribution in [3.05, 3.63) is 329 Å². The van der Waals surface area contributed by atoms with Crippen molar-refractivity contribution in [2.75, 3.05) is 9.80 Å². The van der Waals surface area contributed by atoms with Crippen LogP contribution in [0.25, 0.3) is 121 Å². The zero-order chi connectivity index (χ0) is 59.2. The van der Waals surface area contributed by atoms with Gasteiger partial charge in [0.15, 0.2) is 0 Å². The van der Waals surface area contributed by atoms with E-state index in [9.17, 15) is 0 Å². The zero-order valence-corrected chi connectivity index (χ0v) is 51.2. The molecule has 0 amide bonds. The molecule has 90 heavy (non-hydrogen) atoms.